The van der Waals surface area contributed by atoms with E-state index in [0.717, 1.165) is 0 Å². The Morgan fingerprint density at radius 2 is 1.85 bits per heavy atom. The fourth-order valence-corrected chi connectivity index (χ4v) is 2.02. The molecule has 0 amide bonds. The van der Waals surface area contributed by atoms with Gasteiger partial charge in [0.05, 0.1) is 5.75 Å². The first-order chi connectivity index (χ1) is 5.58. The van der Waals surface area contributed by atoms with Gasteiger partial charge in [0, 0.05) is 5.92 Å². The highest BCUT2D eigenvalue weighted by atomic mass is 79.9. The summed E-state index contributed by atoms with van der Waals surface area (Å²) in [4.78, 5) is 0. The molecule has 0 aromatic carbocycles. The van der Waals surface area contributed by atoms with Crippen LogP contribution in [0.4, 0.5) is 13.2 Å². The second-order valence-electron chi connectivity index (χ2n) is 2.58. The van der Waals surface area contributed by atoms with E-state index in [4.69, 9.17) is 5.11 Å². The van der Waals surface area contributed by atoms with Gasteiger partial charge in [-0.2, -0.15) is 13.2 Å². The number of hydrogen-bond acceptors (Lipinski definition) is 3. The van der Waals surface area contributed by atoms with Gasteiger partial charge in [0.25, 0.3) is 0 Å². The summed E-state index contributed by atoms with van der Waals surface area (Å²) in [6.45, 7) is 1.20. The summed E-state index contributed by atoms with van der Waals surface area (Å²) >= 11 is 2.58. The van der Waals surface area contributed by atoms with Crippen molar-refractivity contribution in [2.24, 2.45) is 5.92 Å². The monoisotopic (exact) mass is 284 g/mol. The molecule has 0 saturated carbocycles. The van der Waals surface area contributed by atoms with Gasteiger partial charge >= 0.3 is 5.51 Å². The second kappa shape index (κ2) is 4.14. The average Bonchev–Trinajstić information content (AvgIpc) is 1.83. The zero-order chi connectivity index (χ0) is 10.9. The summed E-state index contributed by atoms with van der Waals surface area (Å²) in [5, 5.41) is 7.48. The van der Waals surface area contributed by atoms with E-state index in [1.807, 2.05) is 0 Å². The molecule has 1 N–H and O–H groups in total. The Morgan fingerprint density at radius 1 is 1.46 bits per heavy atom. The maximum Gasteiger partial charge on any atom is 0.497 e. The highest BCUT2D eigenvalue weighted by Gasteiger charge is 2.46. The summed E-state index contributed by atoms with van der Waals surface area (Å²) < 4.78 is 56.3. The first-order valence-electron chi connectivity index (χ1n) is 3.19. The number of aliphatic hydroxyl groups is 1. The number of aliphatic hydroxyl groups excluding tert-OH is 1. The topological polar surface area (TPSA) is 54.4 Å². The third kappa shape index (κ3) is 3.82. The summed E-state index contributed by atoms with van der Waals surface area (Å²) in [7, 11) is -5.13. The highest BCUT2D eigenvalue weighted by Crippen LogP contribution is 2.26. The summed E-state index contributed by atoms with van der Waals surface area (Å²) in [5.74, 6) is -2.13. The molecule has 13 heavy (non-hydrogen) atoms. The van der Waals surface area contributed by atoms with Gasteiger partial charge in [-0.25, -0.2) is 8.42 Å². The zero-order valence-electron chi connectivity index (χ0n) is 6.55. The Labute approximate surface area is 82.0 Å². The molecule has 0 aromatic heterocycles. The number of alkyl halides is 4. The summed E-state index contributed by atoms with van der Waals surface area (Å²) in [5.41, 5.74) is -5.25. The van der Waals surface area contributed by atoms with E-state index >= 15 is 0 Å². The minimum absolute atomic E-state index is 1.01. The quantitative estimate of drug-likeness (QED) is 0.794. The van der Waals surface area contributed by atoms with Crippen LogP contribution < -0.4 is 0 Å². The molecule has 2 atom stereocenters. The molecule has 0 aromatic rings. The van der Waals surface area contributed by atoms with E-state index in [0.29, 0.717) is 0 Å². The van der Waals surface area contributed by atoms with Crippen LogP contribution in [-0.2, 0) is 9.84 Å². The molecule has 0 bridgehead atoms. The molecule has 0 saturated heterocycles. The van der Waals surface area contributed by atoms with Gasteiger partial charge in [-0.05, 0) is 0 Å². The van der Waals surface area contributed by atoms with Crippen molar-refractivity contribution in [3.63, 3.8) is 0 Å². The van der Waals surface area contributed by atoms with Crippen molar-refractivity contribution in [2.45, 2.75) is 17.4 Å². The Bertz CT molecular complexity index is 259. The fraction of sp³-hybridized carbons (Fsp3) is 1.00. The van der Waals surface area contributed by atoms with Gasteiger partial charge in [0.15, 0.2) is 0 Å². The lowest BCUT2D eigenvalue weighted by atomic mass is 10.2. The van der Waals surface area contributed by atoms with Crippen LogP contribution in [0.15, 0.2) is 0 Å². The molecule has 2 unspecified atom stereocenters. The molecular formula is C5H8BrF3O3S. The highest BCUT2D eigenvalue weighted by molar-refractivity contribution is 9.09. The SMILES string of the molecule is CC(CS(=O)(=O)C(F)(F)F)C(O)Br. The Morgan fingerprint density at radius 3 is 2.08 bits per heavy atom. The van der Waals surface area contributed by atoms with E-state index < -0.39 is 32.0 Å². The minimum atomic E-state index is -5.25. The number of hydrogen-bond donors (Lipinski definition) is 1. The Balaban J connectivity index is 4.55. The summed E-state index contributed by atoms with van der Waals surface area (Å²) in [6.07, 6.45) is 0. The minimum Gasteiger partial charge on any atom is -0.382 e. The predicted molar refractivity (Wildman–Crippen MR) is 43.9 cm³/mol. The van der Waals surface area contributed by atoms with Crippen LogP contribution in [0, 0.1) is 5.92 Å². The third-order valence-electron chi connectivity index (χ3n) is 1.30. The van der Waals surface area contributed by atoms with Gasteiger partial charge in [0.1, 0.15) is 5.01 Å². The van der Waals surface area contributed by atoms with E-state index in [9.17, 15) is 21.6 Å². The van der Waals surface area contributed by atoms with Crippen LogP contribution in [-0.4, -0.2) is 29.8 Å². The first kappa shape index (κ1) is 13.2. The van der Waals surface area contributed by atoms with Crippen molar-refractivity contribution < 1.29 is 26.7 Å². The molecule has 0 aliphatic rings. The van der Waals surface area contributed by atoms with Crippen molar-refractivity contribution in [3.05, 3.63) is 0 Å². The number of halogens is 4. The van der Waals surface area contributed by atoms with Gasteiger partial charge in [-0.1, -0.05) is 22.9 Å². The lowest BCUT2D eigenvalue weighted by Crippen LogP contribution is -2.31. The van der Waals surface area contributed by atoms with Crippen LogP contribution in [0.25, 0.3) is 0 Å². The molecule has 0 aliphatic heterocycles. The Kier molecular flexibility index (Phi) is 4.20. The standard InChI is InChI=1S/C5H8BrF3O3S/c1-3(4(6)10)2-13(11,12)5(7,8)9/h3-4,10H,2H2,1H3. The van der Waals surface area contributed by atoms with Crippen LogP contribution in [0.3, 0.4) is 0 Å². The lowest BCUT2D eigenvalue weighted by Gasteiger charge is -2.14. The first-order valence-corrected chi connectivity index (χ1v) is 5.76. The molecule has 3 nitrogen and oxygen atoms in total. The molecule has 0 spiro atoms. The summed E-state index contributed by atoms with van der Waals surface area (Å²) in [6, 6.07) is 0. The van der Waals surface area contributed by atoms with Gasteiger partial charge in [0.2, 0.25) is 9.84 Å². The van der Waals surface area contributed by atoms with Gasteiger partial charge in [-0.3, -0.25) is 0 Å². The average molecular weight is 285 g/mol. The molecular weight excluding hydrogens is 277 g/mol. The molecule has 8 heteroatoms. The zero-order valence-corrected chi connectivity index (χ0v) is 8.95. The molecule has 0 aliphatic carbocycles. The number of sulfone groups is 1. The van der Waals surface area contributed by atoms with Gasteiger partial charge in [-0.15, -0.1) is 0 Å². The van der Waals surface area contributed by atoms with E-state index in [1.54, 1.807) is 0 Å². The molecule has 0 fully saturated rings. The van der Waals surface area contributed by atoms with Crippen molar-refractivity contribution in [1.82, 2.24) is 0 Å². The van der Waals surface area contributed by atoms with Crippen molar-refractivity contribution in [3.8, 4) is 0 Å². The third-order valence-corrected chi connectivity index (χ3v) is 3.88. The smallest absolute Gasteiger partial charge is 0.382 e. The van der Waals surface area contributed by atoms with Crippen molar-refractivity contribution in [1.29, 1.82) is 0 Å². The molecule has 80 valence electrons. The normalized spacial score (nSPS) is 18.3. The fourth-order valence-electron chi connectivity index (χ4n) is 0.520. The lowest BCUT2D eigenvalue weighted by molar-refractivity contribution is -0.0439. The maximum atomic E-state index is 11.8. The van der Waals surface area contributed by atoms with E-state index in [1.165, 1.54) is 6.92 Å². The predicted octanol–water partition coefficient (Wildman–Crippen LogP) is 1.27. The number of rotatable bonds is 3. The Hall–Kier alpha value is 0.180. The van der Waals surface area contributed by atoms with Crippen molar-refractivity contribution >= 4 is 25.8 Å². The van der Waals surface area contributed by atoms with Crippen LogP contribution in [0.5, 0.6) is 0 Å². The van der Waals surface area contributed by atoms with Crippen LogP contribution in [0.2, 0.25) is 0 Å². The largest absolute Gasteiger partial charge is 0.497 e. The van der Waals surface area contributed by atoms with Crippen molar-refractivity contribution in [2.75, 3.05) is 5.75 Å². The van der Waals surface area contributed by atoms with Gasteiger partial charge < -0.3 is 5.11 Å². The van der Waals surface area contributed by atoms with E-state index in [2.05, 4.69) is 15.9 Å². The van der Waals surface area contributed by atoms with E-state index in [-0.39, 0.29) is 0 Å². The van der Waals surface area contributed by atoms with Crippen LogP contribution in [0.1, 0.15) is 6.92 Å². The second-order valence-corrected chi connectivity index (χ2v) is 5.54. The molecule has 0 rings (SSSR count). The maximum absolute atomic E-state index is 11.8. The van der Waals surface area contributed by atoms with Crippen LogP contribution >= 0.6 is 15.9 Å². The molecule has 0 heterocycles. The molecule has 0 radical (unpaired) electrons.